The molecule has 96 valence electrons. The molecule has 0 aliphatic heterocycles. The molecule has 0 atom stereocenters. The highest BCUT2D eigenvalue weighted by molar-refractivity contribution is 5.70. The molecule has 0 saturated heterocycles. The van der Waals surface area contributed by atoms with Gasteiger partial charge in [0.25, 0.3) is 0 Å². The molecule has 3 N–H and O–H groups in total. The summed E-state index contributed by atoms with van der Waals surface area (Å²) in [5.41, 5.74) is 7.98. The molecule has 0 aliphatic carbocycles. The summed E-state index contributed by atoms with van der Waals surface area (Å²) in [6.45, 7) is 2.67. The van der Waals surface area contributed by atoms with Gasteiger partial charge in [-0.3, -0.25) is 4.79 Å². The molecule has 0 spiro atoms. The lowest BCUT2D eigenvalue weighted by atomic mass is 10.1. The lowest BCUT2D eigenvalue weighted by molar-refractivity contribution is -0.142. The first-order valence-corrected chi connectivity index (χ1v) is 5.82. The average molecular weight is 247 g/mol. The number of nitrogens with two attached hydrogens (primary N) is 1. The van der Waals surface area contributed by atoms with Crippen LogP contribution in [0.2, 0.25) is 0 Å². The fourth-order valence-corrected chi connectivity index (χ4v) is 1.50. The Balaban J connectivity index is 2.50. The van der Waals surface area contributed by atoms with E-state index in [2.05, 4.69) is 11.4 Å². The van der Waals surface area contributed by atoms with Crippen molar-refractivity contribution < 1.29 is 9.53 Å². The molecule has 1 aromatic rings. The number of nitrogens with one attached hydrogen (secondary N) is 1. The van der Waals surface area contributed by atoms with Gasteiger partial charge in [0.1, 0.15) is 0 Å². The zero-order chi connectivity index (χ0) is 13.4. The molecule has 5 heteroatoms. The van der Waals surface area contributed by atoms with E-state index >= 15 is 0 Å². The van der Waals surface area contributed by atoms with Gasteiger partial charge in [-0.25, -0.2) is 0 Å². The van der Waals surface area contributed by atoms with Crippen molar-refractivity contribution in [2.24, 2.45) is 0 Å². The standard InChI is InChI=1S/C13H17N3O2/c1-2-18-13(17)6-8-16-11-3-4-12(15)10(9-11)5-7-14/h3-4,9,16H,2,5-6,8,15H2,1H3. The van der Waals surface area contributed by atoms with E-state index in [0.29, 0.717) is 25.3 Å². The first-order chi connectivity index (χ1) is 8.67. The van der Waals surface area contributed by atoms with Crippen molar-refractivity contribution >= 4 is 17.3 Å². The van der Waals surface area contributed by atoms with E-state index in [1.807, 2.05) is 12.1 Å². The maximum Gasteiger partial charge on any atom is 0.307 e. The highest BCUT2D eigenvalue weighted by Crippen LogP contribution is 2.18. The number of carbonyl (C=O) groups is 1. The number of nitriles is 1. The highest BCUT2D eigenvalue weighted by atomic mass is 16.5. The number of rotatable bonds is 6. The van der Waals surface area contributed by atoms with Crippen molar-refractivity contribution in [2.45, 2.75) is 19.8 Å². The molecule has 18 heavy (non-hydrogen) atoms. The summed E-state index contributed by atoms with van der Waals surface area (Å²) in [4.78, 5) is 11.1. The molecule has 0 unspecified atom stereocenters. The number of esters is 1. The van der Waals surface area contributed by atoms with Crippen LogP contribution in [-0.2, 0) is 16.0 Å². The quantitative estimate of drug-likeness (QED) is 0.590. The molecule has 0 heterocycles. The Hall–Kier alpha value is -2.22. The predicted molar refractivity (Wildman–Crippen MR) is 69.9 cm³/mol. The van der Waals surface area contributed by atoms with Gasteiger partial charge in [0.2, 0.25) is 0 Å². The van der Waals surface area contributed by atoms with E-state index in [-0.39, 0.29) is 12.4 Å². The van der Waals surface area contributed by atoms with Crippen LogP contribution >= 0.6 is 0 Å². The Morgan fingerprint density at radius 2 is 2.33 bits per heavy atom. The van der Waals surface area contributed by atoms with Crippen LogP contribution < -0.4 is 11.1 Å². The lowest BCUT2D eigenvalue weighted by Gasteiger charge is -2.09. The van der Waals surface area contributed by atoms with Gasteiger partial charge in [-0.05, 0) is 30.7 Å². The van der Waals surface area contributed by atoms with Gasteiger partial charge >= 0.3 is 5.97 Å². The molecule has 1 aromatic carbocycles. The van der Waals surface area contributed by atoms with Gasteiger partial charge in [-0.2, -0.15) is 5.26 Å². The van der Waals surface area contributed by atoms with Crippen LogP contribution in [0.5, 0.6) is 0 Å². The first kappa shape index (κ1) is 13.8. The topological polar surface area (TPSA) is 88.1 Å². The zero-order valence-corrected chi connectivity index (χ0v) is 10.4. The lowest BCUT2D eigenvalue weighted by Crippen LogP contribution is -2.11. The van der Waals surface area contributed by atoms with E-state index in [0.717, 1.165) is 11.3 Å². The van der Waals surface area contributed by atoms with Gasteiger partial charge in [0, 0.05) is 17.9 Å². The molecule has 0 saturated carbocycles. The molecule has 0 bridgehead atoms. The maximum absolute atomic E-state index is 11.1. The normalized spacial score (nSPS) is 9.56. The highest BCUT2D eigenvalue weighted by Gasteiger charge is 2.03. The summed E-state index contributed by atoms with van der Waals surface area (Å²) in [5.74, 6) is -0.224. The molecule has 0 fully saturated rings. The number of nitrogen functional groups attached to an aromatic ring is 1. The van der Waals surface area contributed by atoms with Crippen molar-refractivity contribution in [3.05, 3.63) is 23.8 Å². The van der Waals surface area contributed by atoms with Gasteiger partial charge < -0.3 is 15.8 Å². The third-order valence-electron chi connectivity index (χ3n) is 2.38. The molecular weight excluding hydrogens is 230 g/mol. The number of nitrogens with zero attached hydrogens (tertiary/aromatic N) is 1. The van der Waals surface area contributed by atoms with E-state index in [9.17, 15) is 4.79 Å². The summed E-state index contributed by atoms with van der Waals surface area (Å²) in [7, 11) is 0. The molecule has 0 aliphatic rings. The van der Waals surface area contributed by atoms with Gasteiger partial charge in [-0.1, -0.05) is 0 Å². The van der Waals surface area contributed by atoms with Crippen LogP contribution in [0.4, 0.5) is 11.4 Å². The van der Waals surface area contributed by atoms with Crippen LogP contribution in [0.15, 0.2) is 18.2 Å². The third kappa shape index (κ3) is 4.34. The maximum atomic E-state index is 11.1. The van der Waals surface area contributed by atoms with E-state index in [1.54, 1.807) is 13.0 Å². The van der Waals surface area contributed by atoms with E-state index in [4.69, 9.17) is 15.7 Å². The summed E-state index contributed by atoms with van der Waals surface area (Å²) < 4.78 is 4.82. The second-order valence-corrected chi connectivity index (χ2v) is 3.73. The van der Waals surface area contributed by atoms with Gasteiger partial charge in [0.15, 0.2) is 0 Å². The first-order valence-electron chi connectivity index (χ1n) is 5.82. The van der Waals surface area contributed by atoms with Crippen molar-refractivity contribution in [2.75, 3.05) is 24.2 Å². The number of benzene rings is 1. The average Bonchev–Trinajstić information content (AvgIpc) is 2.34. The number of carbonyl (C=O) groups excluding carboxylic acids is 1. The second kappa shape index (κ2) is 7.17. The molecule has 0 amide bonds. The summed E-state index contributed by atoms with van der Waals surface area (Å²) in [5, 5.41) is 11.7. The van der Waals surface area contributed by atoms with Crippen molar-refractivity contribution in [1.29, 1.82) is 5.26 Å². The SMILES string of the molecule is CCOC(=O)CCNc1ccc(N)c(CC#N)c1. The number of hydrogen-bond donors (Lipinski definition) is 2. The van der Waals surface area contributed by atoms with Crippen LogP contribution in [0, 0.1) is 11.3 Å². The van der Waals surface area contributed by atoms with Crippen molar-refractivity contribution in [3.8, 4) is 6.07 Å². The minimum Gasteiger partial charge on any atom is -0.466 e. The molecule has 1 rings (SSSR count). The summed E-state index contributed by atoms with van der Waals surface area (Å²) in [6.07, 6.45) is 0.588. The number of anilines is 2. The molecule has 5 nitrogen and oxygen atoms in total. The van der Waals surface area contributed by atoms with Crippen LogP contribution in [-0.4, -0.2) is 19.1 Å². The Morgan fingerprint density at radius 3 is 3.00 bits per heavy atom. The monoisotopic (exact) mass is 247 g/mol. The Morgan fingerprint density at radius 1 is 1.56 bits per heavy atom. The van der Waals surface area contributed by atoms with Crippen LogP contribution in [0.3, 0.4) is 0 Å². The Kier molecular flexibility index (Phi) is 5.52. The Labute approximate surface area is 107 Å². The molecule has 0 radical (unpaired) electrons. The van der Waals surface area contributed by atoms with Crippen molar-refractivity contribution in [1.82, 2.24) is 0 Å². The number of ether oxygens (including phenoxy) is 1. The predicted octanol–water partition coefficient (Wildman–Crippen LogP) is 1.70. The number of hydrogen-bond acceptors (Lipinski definition) is 5. The fourth-order valence-electron chi connectivity index (χ4n) is 1.50. The van der Waals surface area contributed by atoms with E-state index in [1.165, 1.54) is 0 Å². The molecular formula is C13H17N3O2. The van der Waals surface area contributed by atoms with Crippen LogP contribution in [0.1, 0.15) is 18.9 Å². The molecule has 0 aromatic heterocycles. The minimum absolute atomic E-state index is 0.224. The fraction of sp³-hybridized carbons (Fsp3) is 0.385. The summed E-state index contributed by atoms with van der Waals surface area (Å²) in [6, 6.07) is 7.45. The second-order valence-electron chi connectivity index (χ2n) is 3.73. The Bertz CT molecular complexity index is 452. The van der Waals surface area contributed by atoms with Gasteiger partial charge in [0.05, 0.1) is 25.5 Å². The van der Waals surface area contributed by atoms with Gasteiger partial charge in [-0.15, -0.1) is 0 Å². The summed E-state index contributed by atoms with van der Waals surface area (Å²) >= 11 is 0. The van der Waals surface area contributed by atoms with Crippen LogP contribution in [0.25, 0.3) is 0 Å². The van der Waals surface area contributed by atoms with E-state index < -0.39 is 0 Å². The minimum atomic E-state index is -0.224. The largest absolute Gasteiger partial charge is 0.466 e. The van der Waals surface area contributed by atoms with Crippen molar-refractivity contribution in [3.63, 3.8) is 0 Å². The third-order valence-corrected chi connectivity index (χ3v) is 2.38. The zero-order valence-electron chi connectivity index (χ0n) is 10.4. The smallest absolute Gasteiger partial charge is 0.307 e.